The topological polar surface area (TPSA) is 166 Å². The average Bonchev–Trinajstić information content (AvgIpc) is 3.66. The number of Topliss-reactive ketones (excluding diaryl/α,β-unsaturated/α-hetero) is 2. The van der Waals surface area contributed by atoms with E-state index in [0.29, 0.717) is 18.9 Å². The summed E-state index contributed by atoms with van der Waals surface area (Å²) in [5.41, 5.74) is -3.23. The second-order valence-corrected chi connectivity index (χ2v) is 16.7. The summed E-state index contributed by atoms with van der Waals surface area (Å²) in [6.07, 6.45) is 3.14. The van der Waals surface area contributed by atoms with Crippen LogP contribution < -0.4 is 0 Å². The van der Waals surface area contributed by atoms with E-state index < -0.39 is 70.2 Å². The number of azo groups is 1. The van der Waals surface area contributed by atoms with Gasteiger partial charge in [0.25, 0.3) is 0 Å². The molecule has 11 nitrogen and oxygen atoms in total. The molecule has 6 aliphatic rings. The van der Waals surface area contributed by atoms with E-state index in [1.807, 2.05) is 21.0 Å². The number of hydrogen-bond donors (Lipinski definition) is 5. The summed E-state index contributed by atoms with van der Waals surface area (Å²) in [5.74, 6) is -3.44. The van der Waals surface area contributed by atoms with Gasteiger partial charge in [-0.25, -0.2) is 0 Å². The summed E-state index contributed by atoms with van der Waals surface area (Å²) in [6.45, 7) is 7.93. The number of nitrogens with zero attached hydrogens (tertiary/aromatic N) is 4. The lowest BCUT2D eigenvalue weighted by molar-refractivity contribution is -0.311. The van der Waals surface area contributed by atoms with Gasteiger partial charge < -0.3 is 30.4 Å². The summed E-state index contributed by atoms with van der Waals surface area (Å²) < 4.78 is 0. The largest absolute Gasteiger partial charge is 0.392 e. The Morgan fingerprint density at radius 1 is 1.04 bits per heavy atom. The predicted molar refractivity (Wildman–Crippen MR) is 171 cm³/mol. The van der Waals surface area contributed by atoms with Gasteiger partial charge in [-0.2, -0.15) is 10.2 Å². The Hall–Kier alpha value is -1.60. The molecule has 0 radical (unpaired) electrons. The Bertz CT molecular complexity index is 1250. The lowest BCUT2D eigenvalue weighted by Crippen LogP contribution is -2.78. The molecule has 5 aliphatic carbocycles. The summed E-state index contributed by atoms with van der Waals surface area (Å²) >= 11 is 0. The highest BCUT2D eigenvalue weighted by Gasteiger charge is 2.73. The van der Waals surface area contributed by atoms with Crippen molar-refractivity contribution in [3.8, 4) is 0 Å². The molecular weight excluding hydrogens is 588 g/mol. The Balaban J connectivity index is 1.33. The van der Waals surface area contributed by atoms with Crippen LogP contribution in [0, 0.1) is 40.4 Å². The highest BCUT2D eigenvalue weighted by molar-refractivity contribution is 6.03. The fourth-order valence-electron chi connectivity index (χ4n) is 11.3. The molecule has 0 aromatic heterocycles. The molecule has 4 saturated carbocycles. The highest BCUT2D eigenvalue weighted by Crippen LogP contribution is 2.66. The van der Waals surface area contributed by atoms with Gasteiger partial charge in [0.1, 0.15) is 29.2 Å². The average molecular weight is 645 g/mol. The monoisotopic (exact) mass is 644 g/mol. The van der Waals surface area contributed by atoms with Crippen LogP contribution in [0.15, 0.2) is 21.9 Å². The molecule has 0 bridgehead atoms. The van der Waals surface area contributed by atoms with Crippen molar-refractivity contribution in [1.82, 2.24) is 9.80 Å². The molecule has 0 aromatic carbocycles. The van der Waals surface area contributed by atoms with Crippen LogP contribution >= 0.6 is 0 Å². The van der Waals surface area contributed by atoms with E-state index in [-0.39, 0.29) is 30.8 Å². The second kappa shape index (κ2) is 12.4. The number of carbonyl (C=O) groups excluding carboxylic acids is 2. The Labute approximate surface area is 273 Å². The van der Waals surface area contributed by atoms with Crippen molar-refractivity contribution >= 4 is 11.6 Å². The van der Waals surface area contributed by atoms with Gasteiger partial charge >= 0.3 is 0 Å². The summed E-state index contributed by atoms with van der Waals surface area (Å²) in [5, 5.41) is 68.8. The quantitative estimate of drug-likeness (QED) is 0.195. The molecule has 0 saturated heterocycles. The number of fused-ring (bicyclic) bond motifs is 3. The van der Waals surface area contributed by atoms with Crippen LogP contribution in [-0.4, -0.2) is 129 Å². The molecule has 4 fully saturated rings. The van der Waals surface area contributed by atoms with E-state index in [1.54, 1.807) is 6.92 Å². The van der Waals surface area contributed by atoms with Crippen LogP contribution in [0.3, 0.4) is 0 Å². The number of rotatable bonds is 8. The molecule has 46 heavy (non-hydrogen) atoms. The maximum atomic E-state index is 13.2. The molecule has 11 heteroatoms. The van der Waals surface area contributed by atoms with E-state index in [2.05, 4.69) is 26.1 Å². The van der Waals surface area contributed by atoms with Crippen LogP contribution in [0.5, 0.6) is 0 Å². The SMILES string of the molecule is CC(=O)C1C(=O)C[C@]2(C)C[C@]3(C)CC4C(C(O)C(CN(CC5CCCC5)CC5CCN=N5)=CC4N(C)C)C(O)C3C(O)[C@]2(O)C1O. The third-order valence-corrected chi connectivity index (χ3v) is 13.3. The number of likely N-dealkylation sites (N-methyl/N-ethyl adjacent to an activating group) is 1. The minimum absolute atomic E-state index is 0.0817. The van der Waals surface area contributed by atoms with E-state index in [0.717, 1.165) is 31.6 Å². The van der Waals surface area contributed by atoms with Crippen molar-refractivity contribution in [2.24, 2.45) is 50.6 Å². The van der Waals surface area contributed by atoms with Crippen molar-refractivity contribution in [1.29, 1.82) is 0 Å². The first kappa shape index (κ1) is 34.3. The molecule has 0 amide bonds. The minimum atomic E-state index is -2.18. The molecule has 258 valence electrons. The smallest absolute Gasteiger partial charge is 0.146 e. The highest BCUT2D eigenvalue weighted by atomic mass is 16.4. The Morgan fingerprint density at radius 3 is 2.35 bits per heavy atom. The van der Waals surface area contributed by atoms with E-state index >= 15 is 0 Å². The van der Waals surface area contributed by atoms with Gasteiger partial charge in [0.05, 0.1) is 30.9 Å². The fourth-order valence-corrected chi connectivity index (χ4v) is 11.3. The van der Waals surface area contributed by atoms with Gasteiger partial charge in [0.2, 0.25) is 0 Å². The number of ketones is 2. The third kappa shape index (κ3) is 5.46. The Kier molecular flexibility index (Phi) is 9.22. The van der Waals surface area contributed by atoms with E-state index in [1.165, 1.54) is 32.6 Å². The van der Waals surface area contributed by atoms with Crippen molar-refractivity contribution in [2.75, 3.05) is 40.3 Å². The lowest BCUT2D eigenvalue weighted by atomic mass is 9.40. The first-order valence-electron chi connectivity index (χ1n) is 17.5. The van der Waals surface area contributed by atoms with Crippen LogP contribution in [0.1, 0.15) is 72.1 Å². The van der Waals surface area contributed by atoms with Gasteiger partial charge in [0.15, 0.2) is 0 Å². The lowest BCUT2D eigenvalue weighted by Gasteiger charge is -2.68. The van der Waals surface area contributed by atoms with Crippen LogP contribution in [0.25, 0.3) is 0 Å². The first-order valence-corrected chi connectivity index (χ1v) is 17.5. The van der Waals surface area contributed by atoms with Gasteiger partial charge in [-0.15, -0.1) is 0 Å². The van der Waals surface area contributed by atoms with Crippen LogP contribution in [-0.2, 0) is 9.59 Å². The predicted octanol–water partition coefficient (Wildman–Crippen LogP) is 1.59. The normalized spacial score (nSPS) is 47.6. The molecule has 1 heterocycles. The number of aliphatic hydroxyl groups excluding tert-OH is 4. The molecule has 5 N–H and O–H groups in total. The third-order valence-electron chi connectivity index (χ3n) is 13.3. The van der Waals surface area contributed by atoms with E-state index in [4.69, 9.17) is 0 Å². The maximum Gasteiger partial charge on any atom is 0.146 e. The number of hydrogen-bond acceptors (Lipinski definition) is 11. The summed E-state index contributed by atoms with van der Waals surface area (Å²) in [7, 11) is 4.02. The van der Waals surface area contributed by atoms with Crippen molar-refractivity contribution in [3.63, 3.8) is 0 Å². The second-order valence-electron chi connectivity index (χ2n) is 16.7. The Morgan fingerprint density at radius 2 is 1.74 bits per heavy atom. The van der Waals surface area contributed by atoms with Gasteiger partial charge in [-0.3, -0.25) is 14.5 Å². The zero-order valence-electron chi connectivity index (χ0n) is 28.3. The van der Waals surface area contributed by atoms with Crippen molar-refractivity contribution in [3.05, 3.63) is 11.6 Å². The molecule has 6 rings (SSSR count). The summed E-state index contributed by atoms with van der Waals surface area (Å²) in [4.78, 5) is 30.1. The standard InChI is InChI=1S/C35H56N4O7/c1-19(40)26-25(41)14-34(3)18-33(2)13-23-24(38(4)5)12-21(16-39(15-20-8-6-7-9-20)17-22-10-11-36-37-22)29(42)27(23)30(43)28(33)32(45)35(34,46)31(26)44/h12,20,22-24,26-32,42-46H,6-11,13-18H2,1-5H3/t22?,23?,24?,26?,27?,28?,29?,30?,31?,32?,33-,34+,35+/m0/s1. The molecular formula is C35H56N4O7. The van der Waals surface area contributed by atoms with Gasteiger partial charge in [-0.05, 0) is 75.9 Å². The first-order chi connectivity index (χ1) is 21.6. The molecule has 0 aromatic rings. The zero-order chi connectivity index (χ0) is 33.3. The molecule has 0 spiro atoms. The number of carbonyl (C=O) groups is 2. The van der Waals surface area contributed by atoms with Gasteiger partial charge in [0, 0.05) is 49.3 Å². The van der Waals surface area contributed by atoms with Crippen LogP contribution in [0.4, 0.5) is 0 Å². The van der Waals surface area contributed by atoms with Crippen molar-refractivity contribution in [2.45, 2.75) is 114 Å². The van der Waals surface area contributed by atoms with Crippen molar-refractivity contribution < 1.29 is 35.1 Å². The zero-order valence-corrected chi connectivity index (χ0v) is 28.3. The molecule has 1 aliphatic heterocycles. The minimum Gasteiger partial charge on any atom is -0.392 e. The van der Waals surface area contributed by atoms with E-state index in [9.17, 15) is 35.1 Å². The maximum absolute atomic E-state index is 13.2. The molecule has 10 unspecified atom stereocenters. The fraction of sp³-hybridized carbons (Fsp3) is 0.886. The summed E-state index contributed by atoms with van der Waals surface area (Å²) in [6, 6.07) is 0.0583. The molecule has 13 atom stereocenters. The van der Waals surface area contributed by atoms with Gasteiger partial charge in [-0.1, -0.05) is 32.8 Å². The number of aliphatic hydroxyl groups is 5. The van der Waals surface area contributed by atoms with Crippen LogP contribution in [0.2, 0.25) is 0 Å².